The lowest BCUT2D eigenvalue weighted by Crippen LogP contribution is -2.26. The van der Waals surface area contributed by atoms with Crippen LogP contribution in [0.25, 0.3) is 0 Å². The number of aromatic hydroxyl groups is 1. The fourth-order valence-corrected chi connectivity index (χ4v) is 1.36. The number of rotatable bonds is 3. The first kappa shape index (κ1) is 12.1. The van der Waals surface area contributed by atoms with Gasteiger partial charge < -0.3 is 15.6 Å². The zero-order chi connectivity index (χ0) is 12.3. The monoisotopic (exact) mass is 223 g/mol. The molecule has 0 aliphatic heterocycles. The Labute approximate surface area is 92.5 Å². The van der Waals surface area contributed by atoms with Crippen LogP contribution in [-0.2, 0) is 11.3 Å². The van der Waals surface area contributed by atoms with Crippen molar-refractivity contribution in [3.63, 3.8) is 0 Å². The van der Waals surface area contributed by atoms with Gasteiger partial charge in [0.05, 0.1) is 18.8 Å². The number of nitrogen functional groups attached to an aromatic ring is 1. The van der Waals surface area contributed by atoms with Crippen molar-refractivity contribution in [3.05, 3.63) is 21.5 Å². The van der Waals surface area contributed by atoms with Crippen LogP contribution >= 0.6 is 0 Å². The van der Waals surface area contributed by atoms with Crippen molar-refractivity contribution in [1.82, 2.24) is 4.57 Å². The third-order valence-electron chi connectivity index (χ3n) is 2.37. The van der Waals surface area contributed by atoms with Crippen LogP contribution in [0.1, 0.15) is 11.1 Å². The van der Waals surface area contributed by atoms with Gasteiger partial charge in [-0.2, -0.15) is 5.26 Å². The highest BCUT2D eigenvalue weighted by Crippen LogP contribution is 2.23. The Morgan fingerprint density at radius 3 is 2.75 bits per heavy atom. The van der Waals surface area contributed by atoms with Crippen LogP contribution in [0.3, 0.4) is 0 Å². The number of ether oxygens (including phenoxy) is 1. The smallest absolute Gasteiger partial charge is 0.271 e. The molecule has 0 amide bonds. The molecular formula is C10H13N3O3. The van der Waals surface area contributed by atoms with Crippen LogP contribution in [0, 0.1) is 18.3 Å². The first-order valence-electron chi connectivity index (χ1n) is 4.65. The van der Waals surface area contributed by atoms with Crippen molar-refractivity contribution in [3.8, 4) is 11.9 Å². The summed E-state index contributed by atoms with van der Waals surface area (Å²) in [5, 5.41) is 18.5. The number of nitrogens with zero attached hydrogens (tertiary/aromatic N) is 2. The molecule has 0 aliphatic rings. The standard InChI is InChI=1S/C10H13N3O3/c1-6-7(5-11)9(14)13(3-4-16-2)10(15)8(6)12/h15H,3-4,12H2,1-2H3. The lowest BCUT2D eigenvalue weighted by Gasteiger charge is -2.12. The Hall–Kier alpha value is -2.00. The van der Waals surface area contributed by atoms with Gasteiger partial charge in [-0.3, -0.25) is 9.36 Å². The first-order valence-corrected chi connectivity index (χ1v) is 4.65. The van der Waals surface area contributed by atoms with Crippen LogP contribution in [0.4, 0.5) is 5.69 Å². The summed E-state index contributed by atoms with van der Waals surface area (Å²) in [5.41, 5.74) is 5.35. The fraction of sp³-hybridized carbons (Fsp3) is 0.400. The molecule has 1 aromatic rings. The Morgan fingerprint density at radius 2 is 2.25 bits per heavy atom. The summed E-state index contributed by atoms with van der Waals surface area (Å²) in [6, 6.07) is 1.78. The van der Waals surface area contributed by atoms with Gasteiger partial charge in [-0.05, 0) is 6.92 Å². The van der Waals surface area contributed by atoms with Crippen molar-refractivity contribution >= 4 is 5.69 Å². The van der Waals surface area contributed by atoms with Crippen LogP contribution in [0.5, 0.6) is 5.88 Å². The van der Waals surface area contributed by atoms with E-state index >= 15 is 0 Å². The first-order chi connectivity index (χ1) is 7.54. The van der Waals surface area contributed by atoms with E-state index in [0.717, 1.165) is 4.57 Å². The lowest BCUT2D eigenvalue weighted by atomic mass is 10.1. The number of aromatic nitrogens is 1. The fourth-order valence-electron chi connectivity index (χ4n) is 1.36. The van der Waals surface area contributed by atoms with Gasteiger partial charge in [0, 0.05) is 12.7 Å². The van der Waals surface area contributed by atoms with Crippen LogP contribution in [-0.4, -0.2) is 23.4 Å². The van der Waals surface area contributed by atoms with Gasteiger partial charge >= 0.3 is 0 Å². The number of nitrogens with two attached hydrogens (primary N) is 1. The second-order valence-corrected chi connectivity index (χ2v) is 3.30. The summed E-state index contributed by atoms with van der Waals surface area (Å²) >= 11 is 0. The average Bonchev–Trinajstić information content (AvgIpc) is 2.27. The summed E-state index contributed by atoms with van der Waals surface area (Å²) in [6.45, 7) is 1.93. The van der Waals surface area contributed by atoms with Gasteiger partial charge in [0.25, 0.3) is 5.56 Å². The minimum Gasteiger partial charge on any atom is -0.493 e. The number of pyridine rings is 1. The van der Waals surface area contributed by atoms with Crippen LogP contribution in [0.15, 0.2) is 4.79 Å². The van der Waals surface area contributed by atoms with Crippen molar-refractivity contribution in [2.45, 2.75) is 13.5 Å². The van der Waals surface area contributed by atoms with E-state index in [4.69, 9.17) is 15.7 Å². The highest BCUT2D eigenvalue weighted by molar-refractivity contribution is 5.59. The van der Waals surface area contributed by atoms with Gasteiger partial charge in [0.15, 0.2) is 0 Å². The van der Waals surface area contributed by atoms with Crippen LogP contribution < -0.4 is 11.3 Å². The second-order valence-electron chi connectivity index (χ2n) is 3.30. The normalized spacial score (nSPS) is 10.1. The Kier molecular flexibility index (Phi) is 3.53. The molecule has 0 aliphatic carbocycles. The maximum atomic E-state index is 11.8. The molecule has 16 heavy (non-hydrogen) atoms. The average molecular weight is 223 g/mol. The molecule has 1 aromatic heterocycles. The van der Waals surface area contributed by atoms with E-state index in [2.05, 4.69) is 0 Å². The quantitative estimate of drug-likeness (QED) is 0.748. The maximum Gasteiger partial charge on any atom is 0.271 e. The van der Waals surface area contributed by atoms with Crippen molar-refractivity contribution < 1.29 is 9.84 Å². The number of hydrogen-bond donors (Lipinski definition) is 2. The van der Waals surface area contributed by atoms with E-state index in [1.165, 1.54) is 14.0 Å². The van der Waals surface area contributed by atoms with E-state index in [0.29, 0.717) is 5.56 Å². The number of nitriles is 1. The van der Waals surface area contributed by atoms with Gasteiger partial charge in [0.2, 0.25) is 5.88 Å². The zero-order valence-corrected chi connectivity index (χ0v) is 9.15. The molecule has 0 atom stereocenters. The van der Waals surface area contributed by atoms with Crippen molar-refractivity contribution in [1.29, 1.82) is 5.26 Å². The Bertz CT molecular complexity index is 500. The minimum atomic E-state index is -0.552. The molecule has 0 spiro atoms. The molecule has 0 radical (unpaired) electrons. The molecule has 0 aromatic carbocycles. The van der Waals surface area contributed by atoms with Crippen molar-refractivity contribution in [2.24, 2.45) is 0 Å². The Balaban J connectivity index is 3.45. The molecule has 1 rings (SSSR count). The van der Waals surface area contributed by atoms with Gasteiger partial charge in [-0.25, -0.2) is 0 Å². The van der Waals surface area contributed by atoms with Gasteiger partial charge in [0.1, 0.15) is 11.6 Å². The van der Waals surface area contributed by atoms with E-state index in [1.807, 2.05) is 0 Å². The molecule has 6 nitrogen and oxygen atoms in total. The third-order valence-corrected chi connectivity index (χ3v) is 2.37. The summed E-state index contributed by atoms with van der Waals surface area (Å²) in [5.74, 6) is -0.321. The molecule has 86 valence electrons. The highest BCUT2D eigenvalue weighted by Gasteiger charge is 2.16. The second kappa shape index (κ2) is 4.68. The molecule has 1 heterocycles. The summed E-state index contributed by atoms with van der Waals surface area (Å²) < 4.78 is 5.84. The van der Waals surface area contributed by atoms with Crippen LogP contribution in [0.2, 0.25) is 0 Å². The third kappa shape index (κ3) is 1.85. The lowest BCUT2D eigenvalue weighted by molar-refractivity contribution is 0.182. The number of anilines is 1. The molecule has 0 fully saturated rings. The molecule has 0 bridgehead atoms. The predicted molar refractivity (Wildman–Crippen MR) is 58.1 cm³/mol. The van der Waals surface area contributed by atoms with Gasteiger partial charge in [-0.15, -0.1) is 0 Å². The number of methoxy groups -OCH3 is 1. The van der Waals surface area contributed by atoms with Crippen molar-refractivity contribution in [2.75, 3.05) is 19.5 Å². The van der Waals surface area contributed by atoms with Gasteiger partial charge in [-0.1, -0.05) is 0 Å². The summed E-state index contributed by atoms with van der Waals surface area (Å²) in [4.78, 5) is 11.8. The topological polar surface area (TPSA) is 101 Å². The maximum absolute atomic E-state index is 11.8. The summed E-state index contributed by atoms with van der Waals surface area (Å²) in [7, 11) is 1.48. The van der Waals surface area contributed by atoms with E-state index in [1.54, 1.807) is 6.07 Å². The van der Waals surface area contributed by atoms with E-state index in [9.17, 15) is 9.90 Å². The molecule has 6 heteroatoms. The largest absolute Gasteiger partial charge is 0.493 e. The highest BCUT2D eigenvalue weighted by atomic mass is 16.5. The molecule has 0 saturated heterocycles. The molecule has 0 unspecified atom stereocenters. The zero-order valence-electron chi connectivity index (χ0n) is 9.15. The summed E-state index contributed by atoms with van der Waals surface area (Å²) in [6.07, 6.45) is 0. The predicted octanol–water partition coefficient (Wildman–Crippen LogP) is -0.0374. The van der Waals surface area contributed by atoms with E-state index in [-0.39, 0.29) is 30.3 Å². The molecular weight excluding hydrogens is 210 g/mol. The minimum absolute atomic E-state index is 0.0484. The SMILES string of the molecule is COCCn1c(O)c(N)c(C)c(C#N)c1=O. The van der Waals surface area contributed by atoms with E-state index < -0.39 is 5.56 Å². The molecule has 3 N–H and O–H groups in total. The Morgan fingerprint density at radius 1 is 1.62 bits per heavy atom. The number of hydrogen-bond acceptors (Lipinski definition) is 5. The molecule has 0 saturated carbocycles.